The fourth-order valence-corrected chi connectivity index (χ4v) is 2.41. The molecule has 0 N–H and O–H groups in total. The molecule has 0 aliphatic heterocycles. The summed E-state index contributed by atoms with van der Waals surface area (Å²) in [4.78, 5) is 12.1. The lowest BCUT2D eigenvalue weighted by Crippen LogP contribution is -2.01. The van der Waals surface area contributed by atoms with Gasteiger partial charge in [0.2, 0.25) is 0 Å². The van der Waals surface area contributed by atoms with Crippen LogP contribution in [0.4, 0.5) is 0 Å². The van der Waals surface area contributed by atoms with Gasteiger partial charge in [0.25, 0.3) is 0 Å². The second-order valence-electron chi connectivity index (χ2n) is 4.57. The molecule has 0 aliphatic rings. The van der Waals surface area contributed by atoms with Crippen molar-refractivity contribution < 1.29 is 9.53 Å². The number of aryl methyl sites for hydroxylation is 1. The number of hydrogen-bond donors (Lipinski definition) is 0. The third kappa shape index (κ3) is 3.61. The highest BCUT2D eigenvalue weighted by Gasteiger charge is 2.10. The molecule has 0 saturated heterocycles. The highest BCUT2D eigenvalue weighted by Crippen LogP contribution is 2.21. The maximum absolute atomic E-state index is 12.1. The standard InChI is InChI=1S/C17H17ClO2/c1-20-17-12-5-2-7-13(17)8-6-11-16(19)14-9-3-4-10-15(14)18/h2-5,7,9-10,12H,6,8,11H2,1H3. The number of ether oxygens (including phenoxy) is 1. The summed E-state index contributed by atoms with van der Waals surface area (Å²) in [6.07, 6.45) is 2.09. The van der Waals surface area contributed by atoms with E-state index >= 15 is 0 Å². The first kappa shape index (κ1) is 14.6. The van der Waals surface area contributed by atoms with Crippen LogP contribution in [0.3, 0.4) is 0 Å². The lowest BCUT2D eigenvalue weighted by atomic mass is 10.0. The van der Waals surface area contributed by atoms with E-state index in [0.717, 1.165) is 24.2 Å². The fraction of sp³-hybridized carbons (Fsp3) is 0.235. The molecule has 2 aromatic rings. The Morgan fingerprint density at radius 3 is 2.55 bits per heavy atom. The van der Waals surface area contributed by atoms with Gasteiger partial charge in [-0.05, 0) is 36.6 Å². The average Bonchev–Trinajstić information content (AvgIpc) is 2.48. The Balaban J connectivity index is 1.93. The first-order valence-corrected chi connectivity index (χ1v) is 7.00. The van der Waals surface area contributed by atoms with Crippen LogP contribution in [-0.4, -0.2) is 12.9 Å². The second-order valence-corrected chi connectivity index (χ2v) is 4.98. The van der Waals surface area contributed by atoms with Crippen LogP contribution >= 0.6 is 11.6 Å². The van der Waals surface area contributed by atoms with Gasteiger partial charge in [0.1, 0.15) is 5.75 Å². The largest absolute Gasteiger partial charge is 0.496 e. The van der Waals surface area contributed by atoms with Crippen LogP contribution in [0.25, 0.3) is 0 Å². The molecule has 0 bridgehead atoms. The molecule has 0 unspecified atom stereocenters. The number of methoxy groups -OCH3 is 1. The number of hydrogen-bond acceptors (Lipinski definition) is 2. The molecule has 104 valence electrons. The molecule has 0 aliphatic carbocycles. The monoisotopic (exact) mass is 288 g/mol. The van der Waals surface area contributed by atoms with Crippen molar-refractivity contribution in [1.82, 2.24) is 0 Å². The number of Topliss-reactive ketones (excluding diaryl/α,β-unsaturated/α-hetero) is 1. The third-order valence-corrected chi connectivity index (χ3v) is 3.55. The van der Waals surface area contributed by atoms with Crippen molar-refractivity contribution in [2.24, 2.45) is 0 Å². The van der Waals surface area contributed by atoms with Gasteiger partial charge >= 0.3 is 0 Å². The molecular weight excluding hydrogens is 272 g/mol. The highest BCUT2D eigenvalue weighted by atomic mass is 35.5. The zero-order chi connectivity index (χ0) is 14.4. The molecular formula is C17H17ClO2. The van der Waals surface area contributed by atoms with Gasteiger partial charge in [-0.2, -0.15) is 0 Å². The van der Waals surface area contributed by atoms with Crippen LogP contribution in [0.5, 0.6) is 5.75 Å². The van der Waals surface area contributed by atoms with Crippen molar-refractivity contribution >= 4 is 17.4 Å². The van der Waals surface area contributed by atoms with Crippen LogP contribution in [0.2, 0.25) is 5.02 Å². The van der Waals surface area contributed by atoms with E-state index in [9.17, 15) is 4.79 Å². The van der Waals surface area contributed by atoms with Crippen molar-refractivity contribution in [1.29, 1.82) is 0 Å². The summed E-state index contributed by atoms with van der Waals surface area (Å²) in [6.45, 7) is 0. The Morgan fingerprint density at radius 2 is 1.80 bits per heavy atom. The SMILES string of the molecule is COc1ccccc1CCCC(=O)c1ccccc1Cl. The smallest absolute Gasteiger partial charge is 0.164 e. The first-order valence-electron chi connectivity index (χ1n) is 6.62. The van der Waals surface area contributed by atoms with E-state index in [0.29, 0.717) is 17.0 Å². The van der Waals surface area contributed by atoms with Gasteiger partial charge in [0.05, 0.1) is 12.1 Å². The summed E-state index contributed by atoms with van der Waals surface area (Å²) in [7, 11) is 1.66. The van der Waals surface area contributed by atoms with E-state index in [-0.39, 0.29) is 5.78 Å². The van der Waals surface area contributed by atoms with Crippen molar-refractivity contribution in [2.45, 2.75) is 19.3 Å². The Hall–Kier alpha value is -1.80. The average molecular weight is 289 g/mol. The van der Waals surface area contributed by atoms with E-state index in [2.05, 4.69) is 0 Å². The van der Waals surface area contributed by atoms with Crippen LogP contribution < -0.4 is 4.74 Å². The Morgan fingerprint density at radius 1 is 1.10 bits per heavy atom. The molecule has 0 fully saturated rings. The van der Waals surface area contributed by atoms with E-state index in [1.807, 2.05) is 36.4 Å². The van der Waals surface area contributed by atoms with Crippen LogP contribution in [0, 0.1) is 0 Å². The maximum Gasteiger partial charge on any atom is 0.164 e. The van der Waals surface area contributed by atoms with Crippen LogP contribution in [0.15, 0.2) is 48.5 Å². The quantitative estimate of drug-likeness (QED) is 0.729. The van der Waals surface area contributed by atoms with Crippen molar-refractivity contribution in [2.75, 3.05) is 7.11 Å². The van der Waals surface area contributed by atoms with E-state index in [1.165, 1.54) is 0 Å². The molecule has 0 aromatic heterocycles. The molecule has 2 rings (SSSR count). The summed E-state index contributed by atoms with van der Waals surface area (Å²) in [6, 6.07) is 15.1. The molecule has 20 heavy (non-hydrogen) atoms. The van der Waals surface area contributed by atoms with Gasteiger partial charge in [0, 0.05) is 12.0 Å². The Labute approximate surface area is 124 Å². The molecule has 0 radical (unpaired) electrons. The number of carbonyl (C=O) groups is 1. The van der Waals surface area contributed by atoms with Crippen molar-refractivity contribution in [3.05, 3.63) is 64.7 Å². The number of para-hydroxylation sites is 1. The summed E-state index contributed by atoms with van der Waals surface area (Å²) in [5.74, 6) is 0.961. The van der Waals surface area contributed by atoms with Gasteiger partial charge in [-0.1, -0.05) is 41.9 Å². The van der Waals surface area contributed by atoms with Gasteiger partial charge in [-0.3, -0.25) is 4.79 Å². The minimum Gasteiger partial charge on any atom is -0.496 e. The van der Waals surface area contributed by atoms with Crippen LogP contribution in [-0.2, 0) is 6.42 Å². The summed E-state index contributed by atoms with van der Waals surface area (Å²) < 4.78 is 5.30. The molecule has 0 spiro atoms. The molecule has 0 atom stereocenters. The fourth-order valence-electron chi connectivity index (χ4n) is 2.17. The number of halogens is 1. The minimum absolute atomic E-state index is 0.0884. The molecule has 2 nitrogen and oxygen atoms in total. The number of benzene rings is 2. The van der Waals surface area contributed by atoms with Gasteiger partial charge in [-0.15, -0.1) is 0 Å². The lowest BCUT2D eigenvalue weighted by molar-refractivity contribution is 0.0980. The van der Waals surface area contributed by atoms with E-state index in [4.69, 9.17) is 16.3 Å². The zero-order valence-corrected chi connectivity index (χ0v) is 12.2. The van der Waals surface area contributed by atoms with Gasteiger partial charge in [-0.25, -0.2) is 0 Å². The van der Waals surface area contributed by atoms with E-state index < -0.39 is 0 Å². The van der Waals surface area contributed by atoms with Gasteiger partial charge < -0.3 is 4.74 Å². The minimum atomic E-state index is 0.0884. The second kappa shape index (κ2) is 7.11. The topological polar surface area (TPSA) is 26.3 Å². The zero-order valence-electron chi connectivity index (χ0n) is 11.4. The number of rotatable bonds is 6. The van der Waals surface area contributed by atoms with Crippen molar-refractivity contribution in [3.63, 3.8) is 0 Å². The predicted molar refractivity (Wildman–Crippen MR) is 81.7 cm³/mol. The maximum atomic E-state index is 12.1. The lowest BCUT2D eigenvalue weighted by Gasteiger charge is -2.08. The molecule has 0 heterocycles. The molecule has 2 aromatic carbocycles. The first-order chi connectivity index (χ1) is 9.72. The van der Waals surface area contributed by atoms with E-state index in [1.54, 1.807) is 19.2 Å². The summed E-state index contributed by atoms with van der Waals surface area (Å²) >= 11 is 6.02. The molecule has 0 saturated carbocycles. The van der Waals surface area contributed by atoms with Crippen molar-refractivity contribution in [3.8, 4) is 5.75 Å². The summed E-state index contributed by atoms with van der Waals surface area (Å²) in [5, 5.41) is 0.523. The Kier molecular flexibility index (Phi) is 5.19. The Bertz CT molecular complexity index is 593. The molecule has 3 heteroatoms. The summed E-state index contributed by atoms with van der Waals surface area (Å²) in [5.41, 5.74) is 1.73. The predicted octanol–water partition coefficient (Wildman–Crippen LogP) is 4.55. The number of carbonyl (C=O) groups excluding carboxylic acids is 1. The third-order valence-electron chi connectivity index (χ3n) is 3.22. The number of ketones is 1. The van der Waals surface area contributed by atoms with Gasteiger partial charge in [0.15, 0.2) is 5.78 Å². The van der Waals surface area contributed by atoms with Crippen LogP contribution in [0.1, 0.15) is 28.8 Å². The molecule has 0 amide bonds. The normalized spacial score (nSPS) is 10.3. The highest BCUT2D eigenvalue weighted by molar-refractivity contribution is 6.33.